The van der Waals surface area contributed by atoms with E-state index in [-0.39, 0.29) is 28.7 Å². The quantitative estimate of drug-likeness (QED) is 0.221. The Hall–Kier alpha value is -5.00. The average molecular weight is 703 g/mol. The fourth-order valence-electron chi connectivity index (χ4n) is 9.98. The minimum atomic E-state index is -0.238. The van der Waals surface area contributed by atoms with Crippen LogP contribution in [0.3, 0.4) is 0 Å². The van der Waals surface area contributed by atoms with E-state index in [4.69, 9.17) is 14.7 Å². The molecule has 0 spiro atoms. The van der Waals surface area contributed by atoms with E-state index < -0.39 is 0 Å². The van der Waals surface area contributed by atoms with Gasteiger partial charge in [0.05, 0.1) is 19.0 Å². The summed E-state index contributed by atoms with van der Waals surface area (Å²) in [6.45, 7) is 4.67. The van der Waals surface area contributed by atoms with Gasteiger partial charge in [-0.2, -0.15) is 4.98 Å². The minimum Gasteiger partial charge on any atom is -0.494 e. The van der Waals surface area contributed by atoms with Crippen LogP contribution in [0.4, 0.5) is 23.1 Å². The van der Waals surface area contributed by atoms with Crippen molar-refractivity contribution in [1.29, 1.82) is 0 Å². The van der Waals surface area contributed by atoms with Crippen LogP contribution in [0.25, 0.3) is 16.7 Å². The summed E-state index contributed by atoms with van der Waals surface area (Å²) >= 11 is 0. The molecule has 4 bridgehead atoms. The van der Waals surface area contributed by atoms with Crippen molar-refractivity contribution in [3.05, 3.63) is 64.7 Å². The number of rotatable bonds is 9. The monoisotopic (exact) mass is 702 g/mol. The van der Waals surface area contributed by atoms with Gasteiger partial charge in [0, 0.05) is 67.9 Å². The lowest BCUT2D eigenvalue weighted by molar-refractivity contribution is -0.139. The number of nitrogens with zero attached hydrogens (tertiary/aromatic N) is 6. The first-order valence-electron chi connectivity index (χ1n) is 18.9. The largest absolute Gasteiger partial charge is 0.494 e. The first-order valence-corrected chi connectivity index (χ1v) is 18.9. The van der Waals surface area contributed by atoms with Crippen LogP contribution in [0.2, 0.25) is 0 Å². The zero-order chi connectivity index (χ0) is 35.6. The van der Waals surface area contributed by atoms with E-state index in [0.717, 1.165) is 53.8 Å². The predicted molar refractivity (Wildman–Crippen MR) is 199 cm³/mol. The van der Waals surface area contributed by atoms with E-state index in [9.17, 15) is 14.4 Å². The molecule has 5 aliphatic carbocycles. The van der Waals surface area contributed by atoms with Crippen molar-refractivity contribution < 1.29 is 14.3 Å². The molecule has 10 rings (SSSR count). The third kappa shape index (κ3) is 6.26. The van der Waals surface area contributed by atoms with Gasteiger partial charge in [0.1, 0.15) is 17.3 Å². The first-order chi connectivity index (χ1) is 25.2. The zero-order valence-electron chi connectivity index (χ0n) is 29.9. The summed E-state index contributed by atoms with van der Waals surface area (Å²) < 4.78 is 7.32. The molecule has 5 saturated carbocycles. The highest BCUT2D eigenvalue weighted by molar-refractivity contribution is 5.94. The number of pyridine rings is 2. The van der Waals surface area contributed by atoms with Crippen molar-refractivity contribution in [3.63, 3.8) is 0 Å². The zero-order valence-corrected chi connectivity index (χ0v) is 29.9. The molecule has 4 aromatic rings. The lowest BCUT2D eigenvalue weighted by atomic mass is 9.49. The molecular weight excluding hydrogens is 656 g/mol. The summed E-state index contributed by atoms with van der Waals surface area (Å²) in [4.78, 5) is 57.8. The molecule has 52 heavy (non-hydrogen) atoms. The first kappa shape index (κ1) is 32.9. The van der Waals surface area contributed by atoms with Crippen LogP contribution in [-0.2, 0) is 9.59 Å². The maximum absolute atomic E-state index is 13.6. The Bertz CT molecular complexity index is 2080. The molecule has 0 unspecified atom stereocenters. The predicted octanol–water partition coefficient (Wildman–Crippen LogP) is 5.84. The number of piperazine rings is 1. The Kier molecular flexibility index (Phi) is 8.15. The molecule has 2 N–H and O–H groups in total. The summed E-state index contributed by atoms with van der Waals surface area (Å²) in [5.74, 6) is 4.59. The highest BCUT2D eigenvalue weighted by Gasteiger charge is 2.51. The van der Waals surface area contributed by atoms with Crippen molar-refractivity contribution in [2.75, 3.05) is 48.8 Å². The summed E-state index contributed by atoms with van der Waals surface area (Å²) in [5, 5.41) is 6.95. The smallest absolute Gasteiger partial charge is 0.257 e. The molecule has 1 aromatic carbocycles. The second-order valence-corrected chi connectivity index (χ2v) is 16.1. The van der Waals surface area contributed by atoms with Crippen molar-refractivity contribution in [2.45, 2.75) is 64.7 Å². The summed E-state index contributed by atoms with van der Waals surface area (Å²) in [7, 11) is 1.61. The maximum atomic E-state index is 13.6. The van der Waals surface area contributed by atoms with Gasteiger partial charge in [0.2, 0.25) is 17.8 Å². The second kappa shape index (κ2) is 12.9. The number of hydrogen-bond donors (Lipinski definition) is 2. The number of aromatic nitrogens is 4. The van der Waals surface area contributed by atoms with Crippen molar-refractivity contribution >= 4 is 46.0 Å². The molecule has 12 heteroatoms. The summed E-state index contributed by atoms with van der Waals surface area (Å²) in [6.07, 6.45) is 13.9. The van der Waals surface area contributed by atoms with E-state index in [1.54, 1.807) is 31.6 Å². The third-order valence-corrected chi connectivity index (χ3v) is 12.3. The number of nitrogens with one attached hydrogen (secondary N) is 2. The Balaban J connectivity index is 0.899. The molecule has 2 amide bonds. The van der Waals surface area contributed by atoms with Gasteiger partial charge in [-0.25, -0.2) is 9.97 Å². The van der Waals surface area contributed by atoms with Crippen molar-refractivity contribution in [3.8, 4) is 11.4 Å². The standard InChI is InChI=1S/C40H46N8O4/c1-24-12-35(49)48(30-5-3-4-29(16-30)43-38(51)28-6-7-28)37-31(24)22-42-39(45-37)44-32-23-41-34(17-33(32)52-2)46-8-10-47(11-9-46)36(50)21-40-18-25-13-26(19-40)15-27(14-25)20-40/h3-5,12,16-17,22-23,25-28H,6-11,13-15,18-21H2,1-2H3,(H,43,51)(H,42,44,45). The van der Waals surface area contributed by atoms with Crippen LogP contribution >= 0.6 is 0 Å². The Morgan fingerprint density at radius 3 is 2.37 bits per heavy atom. The van der Waals surface area contributed by atoms with Gasteiger partial charge in [-0.05, 0) is 105 Å². The Labute approximate surface area is 303 Å². The van der Waals surface area contributed by atoms with Gasteiger partial charge in [-0.1, -0.05) is 6.07 Å². The number of amides is 2. The number of benzene rings is 1. The molecule has 4 heterocycles. The Morgan fingerprint density at radius 1 is 0.942 bits per heavy atom. The molecule has 0 atom stereocenters. The molecule has 270 valence electrons. The fraction of sp³-hybridized carbons (Fsp3) is 0.500. The van der Waals surface area contributed by atoms with Crippen molar-refractivity contribution in [1.82, 2.24) is 24.4 Å². The van der Waals surface area contributed by atoms with E-state index >= 15 is 0 Å². The number of carbonyl (C=O) groups excluding carboxylic acids is 2. The van der Waals surface area contributed by atoms with E-state index in [0.29, 0.717) is 60.5 Å². The number of aryl methyl sites for hydroxylation is 1. The van der Waals surface area contributed by atoms with Crippen LogP contribution in [0.5, 0.6) is 5.75 Å². The van der Waals surface area contributed by atoms with Crippen LogP contribution in [0, 0.1) is 36.0 Å². The van der Waals surface area contributed by atoms with E-state index in [1.165, 1.54) is 43.1 Å². The highest BCUT2D eigenvalue weighted by Crippen LogP contribution is 2.61. The number of hydrogen-bond acceptors (Lipinski definition) is 9. The van der Waals surface area contributed by atoms with E-state index in [2.05, 4.69) is 25.4 Å². The molecule has 1 saturated heterocycles. The molecular formula is C40H46N8O4. The van der Waals surface area contributed by atoms with Crippen LogP contribution in [-0.4, -0.2) is 69.5 Å². The number of fused-ring (bicyclic) bond motifs is 1. The van der Waals surface area contributed by atoms with Gasteiger partial charge in [-0.3, -0.25) is 19.0 Å². The van der Waals surface area contributed by atoms with Gasteiger partial charge in [0.15, 0.2) is 5.65 Å². The van der Waals surface area contributed by atoms with Crippen LogP contribution in [0.1, 0.15) is 63.4 Å². The lowest BCUT2D eigenvalue weighted by Gasteiger charge is -2.57. The van der Waals surface area contributed by atoms with Crippen LogP contribution in [0.15, 0.2) is 53.6 Å². The number of ether oxygens (including phenoxy) is 1. The van der Waals surface area contributed by atoms with Gasteiger partial charge < -0.3 is 25.2 Å². The van der Waals surface area contributed by atoms with Gasteiger partial charge >= 0.3 is 0 Å². The van der Waals surface area contributed by atoms with Gasteiger partial charge in [-0.15, -0.1) is 0 Å². The summed E-state index contributed by atoms with van der Waals surface area (Å²) in [6, 6.07) is 10.7. The highest BCUT2D eigenvalue weighted by atomic mass is 16.5. The molecule has 6 aliphatic rings. The third-order valence-electron chi connectivity index (χ3n) is 12.3. The number of methoxy groups -OCH3 is 1. The summed E-state index contributed by atoms with van der Waals surface area (Å²) in [5.41, 5.74) is 3.02. The SMILES string of the molecule is COc1cc(N2CCN(C(=O)CC34CC5CC(CC(C5)C3)C4)CC2)ncc1Nc1ncc2c(C)cc(=O)n(-c3cccc(NC(=O)C4CC4)c3)c2n1. The minimum absolute atomic E-state index is 0.000401. The Morgan fingerprint density at radius 2 is 1.67 bits per heavy atom. The van der Waals surface area contributed by atoms with Crippen LogP contribution < -0.4 is 25.8 Å². The topological polar surface area (TPSA) is 135 Å². The molecule has 1 aliphatic heterocycles. The normalized spacial score (nSPS) is 25.0. The maximum Gasteiger partial charge on any atom is 0.257 e. The lowest BCUT2D eigenvalue weighted by Crippen LogP contribution is -2.52. The van der Waals surface area contributed by atoms with E-state index in [1.807, 2.05) is 31.2 Å². The number of carbonyl (C=O) groups is 2. The second-order valence-electron chi connectivity index (χ2n) is 16.1. The van der Waals surface area contributed by atoms with Gasteiger partial charge in [0.25, 0.3) is 5.56 Å². The van der Waals surface area contributed by atoms with Crippen molar-refractivity contribution in [2.24, 2.45) is 29.1 Å². The average Bonchev–Trinajstić information content (AvgIpc) is 3.98. The molecule has 3 aromatic heterocycles. The molecule has 12 nitrogen and oxygen atoms in total. The molecule has 0 radical (unpaired) electrons. The number of anilines is 4. The molecule has 6 fully saturated rings. The fourth-order valence-corrected chi connectivity index (χ4v) is 9.98.